The molecule has 2 N–H and O–H groups in total. The zero-order valence-corrected chi connectivity index (χ0v) is 15.4. The Balaban J connectivity index is 1.48. The molecule has 28 heavy (non-hydrogen) atoms. The normalized spacial score (nSPS) is 25.8. The highest BCUT2D eigenvalue weighted by atomic mass is 16.6. The van der Waals surface area contributed by atoms with Gasteiger partial charge in [-0.25, -0.2) is 9.59 Å². The molecular weight excluding hydrogens is 364 g/mol. The number of aliphatic hydroxyl groups excluding tert-OH is 1. The maximum Gasteiger partial charge on any atom is 0.331 e. The van der Waals surface area contributed by atoms with Crippen molar-refractivity contribution in [2.75, 3.05) is 0 Å². The number of carbonyl (C=O) groups is 3. The van der Waals surface area contributed by atoms with Crippen LogP contribution in [0.4, 0.5) is 0 Å². The van der Waals surface area contributed by atoms with Crippen LogP contribution < -0.4 is 0 Å². The molecular formula is C21H22O7. The molecule has 2 aliphatic rings. The molecule has 0 bridgehead atoms. The van der Waals surface area contributed by atoms with Gasteiger partial charge in [-0.2, -0.15) is 0 Å². The number of esters is 2. The van der Waals surface area contributed by atoms with Gasteiger partial charge in [-0.3, -0.25) is 4.79 Å². The van der Waals surface area contributed by atoms with E-state index in [9.17, 15) is 24.6 Å². The Bertz CT molecular complexity index is 809. The highest BCUT2D eigenvalue weighted by Crippen LogP contribution is 2.44. The van der Waals surface area contributed by atoms with Gasteiger partial charge >= 0.3 is 11.9 Å². The topological polar surface area (TPSA) is 110 Å². The Morgan fingerprint density at radius 2 is 2.00 bits per heavy atom. The lowest BCUT2D eigenvalue weighted by Crippen LogP contribution is -2.35. The smallest absolute Gasteiger partial charge is 0.331 e. The van der Waals surface area contributed by atoms with Crippen molar-refractivity contribution in [3.63, 3.8) is 0 Å². The molecule has 1 aromatic carbocycles. The third-order valence-corrected chi connectivity index (χ3v) is 4.91. The van der Waals surface area contributed by atoms with Gasteiger partial charge in [-0.15, -0.1) is 0 Å². The van der Waals surface area contributed by atoms with Crippen LogP contribution in [0.15, 0.2) is 42.5 Å². The van der Waals surface area contributed by atoms with Gasteiger partial charge in [0, 0.05) is 24.5 Å². The maximum atomic E-state index is 12.5. The summed E-state index contributed by atoms with van der Waals surface area (Å²) in [5, 5.41) is 19.6. The van der Waals surface area contributed by atoms with E-state index in [1.165, 1.54) is 37.3 Å². The molecule has 0 amide bonds. The molecule has 0 radical (unpaired) electrons. The van der Waals surface area contributed by atoms with Crippen molar-refractivity contribution in [1.82, 2.24) is 0 Å². The van der Waals surface area contributed by atoms with E-state index in [1.807, 2.05) is 0 Å². The first-order chi connectivity index (χ1) is 13.3. The Hall–Kier alpha value is -2.93. The van der Waals surface area contributed by atoms with Gasteiger partial charge < -0.3 is 19.7 Å². The number of hydrogen-bond acceptors (Lipinski definition) is 7. The first kappa shape index (κ1) is 19.8. The summed E-state index contributed by atoms with van der Waals surface area (Å²) in [4.78, 5) is 35.7. The van der Waals surface area contributed by atoms with Crippen LogP contribution in [0.1, 0.15) is 25.3 Å². The summed E-state index contributed by atoms with van der Waals surface area (Å²) >= 11 is 0. The van der Waals surface area contributed by atoms with Crippen LogP contribution in [0.3, 0.4) is 0 Å². The van der Waals surface area contributed by atoms with Crippen molar-refractivity contribution in [1.29, 1.82) is 0 Å². The molecule has 7 heteroatoms. The van der Waals surface area contributed by atoms with Crippen LogP contribution in [-0.4, -0.2) is 46.2 Å². The summed E-state index contributed by atoms with van der Waals surface area (Å²) in [6, 6.07) is 6.26. The van der Waals surface area contributed by atoms with Crippen molar-refractivity contribution < 1.29 is 34.1 Å². The van der Waals surface area contributed by atoms with Crippen LogP contribution in [0.5, 0.6) is 5.75 Å². The van der Waals surface area contributed by atoms with E-state index in [0.29, 0.717) is 18.4 Å². The van der Waals surface area contributed by atoms with Crippen molar-refractivity contribution in [2.45, 2.75) is 38.1 Å². The van der Waals surface area contributed by atoms with Gasteiger partial charge in [0.15, 0.2) is 11.9 Å². The molecule has 1 aliphatic heterocycles. The van der Waals surface area contributed by atoms with E-state index < -0.39 is 36.2 Å². The third-order valence-electron chi connectivity index (χ3n) is 4.91. The summed E-state index contributed by atoms with van der Waals surface area (Å²) in [6.07, 6.45) is 4.08. The number of benzene rings is 1. The first-order valence-corrected chi connectivity index (χ1v) is 9.12. The van der Waals surface area contributed by atoms with Crippen LogP contribution in [-0.2, 0) is 23.9 Å². The number of ketones is 1. The molecule has 1 fully saturated rings. The SMILES string of the molecule is C[C@H](OC(=O)/C=C/c1ccc(O)cc1)C(=O)[C@H]1C[C@@H]1[C@H](O)[C@H]1CC=CC(=O)O1. The van der Waals surface area contributed by atoms with Crippen LogP contribution in [0.25, 0.3) is 6.08 Å². The number of hydrogen-bond donors (Lipinski definition) is 2. The highest BCUT2D eigenvalue weighted by Gasteiger charge is 2.51. The number of ether oxygens (including phenoxy) is 2. The molecule has 0 unspecified atom stereocenters. The second-order valence-corrected chi connectivity index (χ2v) is 7.02. The summed E-state index contributed by atoms with van der Waals surface area (Å²) in [5.41, 5.74) is 0.704. The fraction of sp³-hybridized carbons (Fsp3) is 0.381. The van der Waals surface area contributed by atoms with Gasteiger partial charge in [0.1, 0.15) is 11.9 Å². The minimum atomic E-state index is -0.937. The minimum Gasteiger partial charge on any atom is -0.508 e. The largest absolute Gasteiger partial charge is 0.508 e. The molecule has 0 aromatic heterocycles. The molecule has 5 atom stereocenters. The predicted octanol–water partition coefficient (Wildman–Crippen LogP) is 1.77. The van der Waals surface area contributed by atoms with E-state index >= 15 is 0 Å². The molecule has 1 aromatic rings. The third kappa shape index (κ3) is 4.86. The number of phenols is 1. The lowest BCUT2D eigenvalue weighted by atomic mass is 10.0. The van der Waals surface area contributed by atoms with Gasteiger partial charge in [0.2, 0.25) is 0 Å². The summed E-state index contributed by atoms with van der Waals surface area (Å²) < 4.78 is 10.2. The van der Waals surface area contributed by atoms with E-state index in [0.717, 1.165) is 0 Å². The number of aliphatic hydroxyl groups is 1. The van der Waals surface area contributed by atoms with Crippen molar-refractivity contribution in [2.24, 2.45) is 11.8 Å². The molecule has 1 saturated carbocycles. The van der Waals surface area contributed by atoms with E-state index in [2.05, 4.69) is 0 Å². The Labute approximate surface area is 162 Å². The number of phenolic OH excluding ortho intramolecular Hbond substituents is 1. The monoisotopic (exact) mass is 386 g/mol. The van der Waals surface area contributed by atoms with E-state index in [4.69, 9.17) is 9.47 Å². The van der Waals surface area contributed by atoms with Crippen LogP contribution in [0.2, 0.25) is 0 Å². The van der Waals surface area contributed by atoms with Crippen molar-refractivity contribution in [3.05, 3.63) is 48.1 Å². The number of cyclic esters (lactones) is 1. The van der Waals surface area contributed by atoms with E-state index in [-0.39, 0.29) is 17.5 Å². The second kappa shape index (κ2) is 8.39. The Morgan fingerprint density at radius 1 is 1.29 bits per heavy atom. The van der Waals surface area contributed by atoms with E-state index in [1.54, 1.807) is 18.2 Å². The average molecular weight is 386 g/mol. The molecule has 148 valence electrons. The number of Topliss-reactive ketones (excluding diaryl/α,β-unsaturated/α-hetero) is 1. The quantitative estimate of drug-likeness (QED) is 0.543. The fourth-order valence-corrected chi connectivity index (χ4v) is 3.26. The Morgan fingerprint density at radius 3 is 2.68 bits per heavy atom. The fourth-order valence-electron chi connectivity index (χ4n) is 3.26. The predicted molar refractivity (Wildman–Crippen MR) is 98.9 cm³/mol. The van der Waals surface area contributed by atoms with Gasteiger partial charge in [0.25, 0.3) is 0 Å². The zero-order valence-electron chi connectivity index (χ0n) is 15.4. The minimum absolute atomic E-state index is 0.124. The number of rotatable bonds is 7. The molecule has 1 aliphatic carbocycles. The standard InChI is InChI=1S/C21H22O7/c1-12(27-19(24)10-7-13-5-8-14(22)9-6-13)20(25)15-11-16(15)21(26)17-3-2-4-18(23)28-17/h2,4-10,12,15-17,21-22,26H,3,11H2,1H3/b10-7+/t12-,15-,16-,17+,21-/m0/s1. The van der Waals surface area contributed by atoms with Crippen LogP contribution in [0, 0.1) is 11.8 Å². The summed E-state index contributed by atoms with van der Waals surface area (Å²) in [6.45, 7) is 1.50. The van der Waals surface area contributed by atoms with Gasteiger partial charge in [-0.05, 0) is 43.0 Å². The Kier molecular flexibility index (Phi) is 5.94. The molecule has 0 spiro atoms. The molecule has 7 nitrogen and oxygen atoms in total. The van der Waals surface area contributed by atoms with Crippen LogP contribution >= 0.6 is 0 Å². The highest BCUT2D eigenvalue weighted by molar-refractivity contribution is 5.93. The van der Waals surface area contributed by atoms with Crippen molar-refractivity contribution in [3.8, 4) is 5.75 Å². The lowest BCUT2D eigenvalue weighted by molar-refractivity contribution is -0.152. The van der Waals surface area contributed by atoms with Gasteiger partial charge in [-0.1, -0.05) is 18.2 Å². The molecule has 3 rings (SSSR count). The van der Waals surface area contributed by atoms with Crippen molar-refractivity contribution >= 4 is 23.8 Å². The zero-order chi connectivity index (χ0) is 20.3. The lowest BCUT2D eigenvalue weighted by Gasteiger charge is -2.24. The van der Waals surface area contributed by atoms with Gasteiger partial charge in [0.05, 0.1) is 6.10 Å². The number of carbonyl (C=O) groups excluding carboxylic acids is 3. The molecule has 1 heterocycles. The summed E-state index contributed by atoms with van der Waals surface area (Å²) in [5.74, 6) is -2.00. The summed E-state index contributed by atoms with van der Waals surface area (Å²) in [7, 11) is 0. The maximum absolute atomic E-state index is 12.5. The average Bonchev–Trinajstić information content (AvgIpc) is 3.47. The first-order valence-electron chi connectivity index (χ1n) is 9.12. The second-order valence-electron chi connectivity index (χ2n) is 7.02. The molecule has 0 saturated heterocycles. The number of aromatic hydroxyl groups is 1.